The minimum atomic E-state index is -0.675. The first kappa shape index (κ1) is 15.0. The molecule has 0 spiro atoms. The number of allylic oxidation sites excluding steroid dienone is 1. The third-order valence-electron chi connectivity index (χ3n) is 3.48. The number of rotatable bonds is 5. The molecular weight excluding hydrogens is 266 g/mol. The lowest BCUT2D eigenvalue weighted by atomic mass is 9.83. The van der Waals surface area contributed by atoms with Crippen LogP contribution in [0.4, 0.5) is 4.79 Å². The monoisotopic (exact) mass is 285 g/mol. The summed E-state index contributed by atoms with van der Waals surface area (Å²) in [6, 6.07) is 9.50. The fourth-order valence-corrected chi connectivity index (χ4v) is 2.36. The summed E-state index contributed by atoms with van der Waals surface area (Å²) < 4.78 is 5.29. The number of hydrogen-bond donors (Lipinski definition) is 0. The zero-order valence-corrected chi connectivity index (χ0v) is 11.9. The van der Waals surface area contributed by atoms with Gasteiger partial charge in [-0.15, -0.1) is 6.58 Å². The van der Waals surface area contributed by atoms with Crippen LogP contribution in [0.5, 0.6) is 0 Å². The molecule has 0 aliphatic carbocycles. The Labute approximate surface area is 124 Å². The van der Waals surface area contributed by atoms with Crippen LogP contribution in [0.15, 0.2) is 55.1 Å². The van der Waals surface area contributed by atoms with Crippen LogP contribution in [0.1, 0.15) is 12.0 Å². The van der Waals surface area contributed by atoms with E-state index in [1.165, 1.54) is 0 Å². The van der Waals surface area contributed by atoms with E-state index in [1.807, 2.05) is 42.5 Å². The quantitative estimate of drug-likeness (QED) is 0.617. The number of carbonyl (C=O) groups is 2. The van der Waals surface area contributed by atoms with Crippen molar-refractivity contribution in [2.24, 2.45) is 5.41 Å². The maximum atomic E-state index is 12.1. The highest BCUT2D eigenvalue weighted by Crippen LogP contribution is 2.27. The Morgan fingerprint density at radius 2 is 2.14 bits per heavy atom. The van der Waals surface area contributed by atoms with Crippen LogP contribution in [0.2, 0.25) is 0 Å². The van der Waals surface area contributed by atoms with Gasteiger partial charge in [-0.1, -0.05) is 48.6 Å². The minimum Gasteiger partial charge on any atom is -0.445 e. The maximum absolute atomic E-state index is 12.1. The molecule has 4 heteroatoms. The Morgan fingerprint density at radius 3 is 2.81 bits per heavy atom. The maximum Gasteiger partial charge on any atom is 0.410 e. The standard InChI is InChI=1S/C17H19NO3/c1-2-9-17(14-19)10-6-11-18(13-17)16(20)21-12-15-7-4-3-5-8-15/h2-8,10,14H,1,9,11-13H2/t17-/m0/s1. The largest absolute Gasteiger partial charge is 0.445 e. The molecule has 1 atom stereocenters. The van der Waals surface area contributed by atoms with Gasteiger partial charge in [0.25, 0.3) is 0 Å². The summed E-state index contributed by atoms with van der Waals surface area (Å²) in [6.07, 6.45) is 6.35. The Balaban J connectivity index is 1.95. The van der Waals surface area contributed by atoms with E-state index in [2.05, 4.69) is 6.58 Å². The van der Waals surface area contributed by atoms with Crippen LogP contribution in [0, 0.1) is 5.41 Å². The van der Waals surface area contributed by atoms with Crippen molar-refractivity contribution >= 4 is 12.4 Å². The van der Waals surface area contributed by atoms with Gasteiger partial charge in [0.1, 0.15) is 12.9 Å². The van der Waals surface area contributed by atoms with Gasteiger partial charge in [0.2, 0.25) is 0 Å². The summed E-state index contributed by atoms with van der Waals surface area (Å²) in [5.41, 5.74) is 0.261. The number of nitrogens with zero attached hydrogens (tertiary/aromatic N) is 1. The van der Waals surface area contributed by atoms with Crippen LogP contribution < -0.4 is 0 Å². The average Bonchev–Trinajstić information content (AvgIpc) is 2.54. The molecule has 0 aromatic heterocycles. The van der Waals surface area contributed by atoms with E-state index in [9.17, 15) is 9.59 Å². The van der Waals surface area contributed by atoms with Crippen molar-refractivity contribution in [3.05, 3.63) is 60.7 Å². The summed E-state index contributed by atoms with van der Waals surface area (Å²) in [4.78, 5) is 25.0. The summed E-state index contributed by atoms with van der Waals surface area (Å²) >= 11 is 0. The highest BCUT2D eigenvalue weighted by atomic mass is 16.6. The fraction of sp³-hybridized carbons (Fsp3) is 0.294. The molecule has 0 bridgehead atoms. The van der Waals surface area contributed by atoms with Crippen LogP contribution in [-0.2, 0) is 16.1 Å². The molecule has 0 fully saturated rings. The van der Waals surface area contributed by atoms with E-state index in [-0.39, 0.29) is 6.61 Å². The van der Waals surface area contributed by atoms with E-state index < -0.39 is 11.5 Å². The molecule has 0 N–H and O–H groups in total. The van der Waals surface area contributed by atoms with E-state index in [4.69, 9.17) is 4.74 Å². The van der Waals surface area contributed by atoms with Crippen molar-refractivity contribution in [2.45, 2.75) is 13.0 Å². The van der Waals surface area contributed by atoms with E-state index in [0.29, 0.717) is 19.5 Å². The van der Waals surface area contributed by atoms with Gasteiger partial charge >= 0.3 is 6.09 Å². The van der Waals surface area contributed by atoms with Crippen molar-refractivity contribution in [3.8, 4) is 0 Å². The number of amides is 1. The molecule has 0 saturated heterocycles. The fourth-order valence-electron chi connectivity index (χ4n) is 2.36. The highest BCUT2D eigenvalue weighted by molar-refractivity contribution is 5.71. The predicted octanol–water partition coefficient (Wildman–Crippen LogP) is 2.96. The number of ether oxygens (including phenoxy) is 1. The SMILES string of the molecule is C=CC[C@]1(C=O)C=CCN(C(=O)OCc2ccccc2)C1. The van der Waals surface area contributed by atoms with Gasteiger partial charge in [0.05, 0.1) is 5.41 Å². The zero-order valence-electron chi connectivity index (χ0n) is 11.9. The lowest BCUT2D eigenvalue weighted by Gasteiger charge is -2.34. The van der Waals surface area contributed by atoms with Crippen molar-refractivity contribution < 1.29 is 14.3 Å². The first-order chi connectivity index (χ1) is 10.2. The van der Waals surface area contributed by atoms with Crippen molar-refractivity contribution in [2.75, 3.05) is 13.1 Å². The molecule has 0 unspecified atom stereocenters. The Hall–Kier alpha value is -2.36. The lowest BCUT2D eigenvalue weighted by molar-refractivity contribution is -0.114. The first-order valence-corrected chi connectivity index (χ1v) is 6.90. The van der Waals surface area contributed by atoms with Crippen molar-refractivity contribution in [1.82, 2.24) is 4.90 Å². The molecular formula is C17H19NO3. The second-order valence-corrected chi connectivity index (χ2v) is 5.17. The number of hydrogen-bond acceptors (Lipinski definition) is 3. The summed E-state index contributed by atoms with van der Waals surface area (Å²) in [5, 5.41) is 0. The average molecular weight is 285 g/mol. The third kappa shape index (κ3) is 3.81. The second kappa shape index (κ2) is 6.88. The second-order valence-electron chi connectivity index (χ2n) is 5.17. The van der Waals surface area contributed by atoms with Crippen LogP contribution in [-0.4, -0.2) is 30.4 Å². The molecule has 2 rings (SSSR count). The van der Waals surface area contributed by atoms with Gasteiger partial charge in [-0.25, -0.2) is 4.79 Å². The summed E-state index contributed by atoms with van der Waals surface area (Å²) in [5.74, 6) is 0. The molecule has 0 radical (unpaired) electrons. The van der Waals surface area contributed by atoms with Crippen LogP contribution in [0.25, 0.3) is 0 Å². The normalized spacial score (nSPS) is 20.9. The van der Waals surface area contributed by atoms with Crippen molar-refractivity contribution in [3.63, 3.8) is 0 Å². The van der Waals surface area contributed by atoms with Crippen LogP contribution in [0.3, 0.4) is 0 Å². The van der Waals surface area contributed by atoms with Gasteiger partial charge in [0, 0.05) is 13.1 Å². The van der Waals surface area contributed by atoms with Crippen LogP contribution >= 0.6 is 0 Å². The summed E-state index contributed by atoms with van der Waals surface area (Å²) in [7, 11) is 0. The Morgan fingerprint density at radius 1 is 1.38 bits per heavy atom. The molecule has 21 heavy (non-hydrogen) atoms. The molecule has 1 aliphatic heterocycles. The molecule has 0 saturated carbocycles. The minimum absolute atomic E-state index is 0.232. The highest BCUT2D eigenvalue weighted by Gasteiger charge is 2.33. The topological polar surface area (TPSA) is 46.6 Å². The zero-order chi connectivity index (χ0) is 15.1. The molecule has 110 valence electrons. The Bertz CT molecular complexity index is 538. The predicted molar refractivity (Wildman–Crippen MR) is 80.7 cm³/mol. The molecule has 4 nitrogen and oxygen atoms in total. The number of benzene rings is 1. The Kier molecular flexibility index (Phi) is 4.93. The van der Waals surface area contributed by atoms with Crippen molar-refractivity contribution in [1.29, 1.82) is 0 Å². The van der Waals surface area contributed by atoms with Gasteiger partial charge < -0.3 is 14.4 Å². The third-order valence-corrected chi connectivity index (χ3v) is 3.48. The van der Waals surface area contributed by atoms with E-state index in [0.717, 1.165) is 11.8 Å². The summed E-state index contributed by atoms with van der Waals surface area (Å²) in [6.45, 7) is 4.68. The first-order valence-electron chi connectivity index (χ1n) is 6.90. The van der Waals surface area contributed by atoms with Gasteiger partial charge in [-0.2, -0.15) is 0 Å². The van der Waals surface area contributed by atoms with Gasteiger partial charge in [0.15, 0.2) is 0 Å². The molecule has 1 aromatic rings. The molecule has 1 aliphatic rings. The van der Waals surface area contributed by atoms with E-state index in [1.54, 1.807) is 11.0 Å². The number of aldehydes is 1. The van der Waals surface area contributed by atoms with E-state index >= 15 is 0 Å². The van der Waals surface area contributed by atoms with Gasteiger partial charge in [-0.3, -0.25) is 0 Å². The number of carbonyl (C=O) groups excluding carboxylic acids is 2. The molecule has 1 amide bonds. The smallest absolute Gasteiger partial charge is 0.410 e. The molecule has 1 aromatic carbocycles. The molecule has 1 heterocycles. The van der Waals surface area contributed by atoms with Gasteiger partial charge in [-0.05, 0) is 12.0 Å². The lowest BCUT2D eigenvalue weighted by Crippen LogP contribution is -2.44.